The fraction of sp³-hybridized carbons (Fsp3) is 0.719. The van der Waals surface area contributed by atoms with E-state index in [4.69, 9.17) is 9.47 Å². The summed E-state index contributed by atoms with van der Waals surface area (Å²) >= 11 is 1.36. The third-order valence-electron chi connectivity index (χ3n) is 9.82. The monoisotopic (exact) mass is 627 g/mol. The molecule has 1 aromatic heterocycles. The van der Waals surface area contributed by atoms with Crippen molar-refractivity contribution in [1.82, 2.24) is 20.9 Å². The van der Waals surface area contributed by atoms with Gasteiger partial charge in [-0.2, -0.15) is 0 Å². The zero-order chi connectivity index (χ0) is 31.2. The van der Waals surface area contributed by atoms with Crippen LogP contribution in [-0.2, 0) is 19.1 Å². The molecule has 2 unspecified atom stereocenters. The van der Waals surface area contributed by atoms with E-state index >= 15 is 0 Å². The summed E-state index contributed by atoms with van der Waals surface area (Å²) < 4.78 is 11.1. The Hall–Kier alpha value is -3.15. The van der Waals surface area contributed by atoms with Crippen LogP contribution < -0.4 is 16.0 Å². The van der Waals surface area contributed by atoms with Gasteiger partial charge in [0.1, 0.15) is 5.60 Å². The maximum atomic E-state index is 13.7. The maximum absolute atomic E-state index is 13.7. The standard InChI is InChI=1S/C32H45N5O6S/c1-31(2,3)43-28(40)23(37(30(41)42-4)32-14-18-10-19(15-32)12-20(11-18)16-32)17-35-27(39)25-7-6-24(44-25)21-13-22(21)26(38)36-29-33-8-5-9-34-29/h6-7,18-23H,5,8-17H2,1-4H3,(H,35,39)(H2,33,34,36,38)/t18?,19?,20?,21?,22?,23-,32?/m0/s1. The molecule has 0 spiro atoms. The lowest BCUT2D eigenvalue weighted by atomic mass is 9.52. The SMILES string of the molecule is COC(=O)N([C@@H](CNC(=O)c1ccc(C2CC2C(=O)NC2=NCCCN2)s1)C(=O)OC(C)(C)C)C12CC3CC(CC(C3)C1)C2. The van der Waals surface area contributed by atoms with E-state index in [0.717, 1.165) is 43.5 Å². The number of methoxy groups -OCH3 is 1. The predicted molar refractivity (Wildman–Crippen MR) is 165 cm³/mol. The highest BCUT2D eigenvalue weighted by atomic mass is 32.1. The van der Waals surface area contributed by atoms with Crippen LogP contribution in [0.25, 0.3) is 0 Å². The van der Waals surface area contributed by atoms with Gasteiger partial charge < -0.3 is 20.1 Å². The van der Waals surface area contributed by atoms with E-state index in [2.05, 4.69) is 20.9 Å². The second kappa shape index (κ2) is 12.0. The topological polar surface area (TPSA) is 138 Å². The number of hydrogen-bond acceptors (Lipinski definition) is 9. The number of amides is 3. The van der Waals surface area contributed by atoms with Crippen molar-refractivity contribution in [1.29, 1.82) is 0 Å². The number of nitrogens with one attached hydrogen (secondary N) is 3. The second-order valence-corrected chi connectivity index (χ2v) is 15.5. The third-order valence-corrected chi connectivity index (χ3v) is 11.0. The highest BCUT2D eigenvalue weighted by Crippen LogP contribution is 2.58. The first-order chi connectivity index (χ1) is 20.9. The average Bonchev–Trinajstić information content (AvgIpc) is 3.61. The minimum absolute atomic E-state index is 0.0599. The number of ether oxygens (including phenoxy) is 2. The molecule has 11 nitrogen and oxygen atoms in total. The maximum Gasteiger partial charge on any atom is 0.410 e. The van der Waals surface area contributed by atoms with Gasteiger partial charge in [0.2, 0.25) is 5.91 Å². The van der Waals surface area contributed by atoms with Crippen LogP contribution in [0.3, 0.4) is 0 Å². The Bertz CT molecular complexity index is 1300. The molecule has 0 radical (unpaired) electrons. The summed E-state index contributed by atoms with van der Waals surface area (Å²) in [5.74, 6) is 1.11. The second-order valence-electron chi connectivity index (χ2n) is 14.4. The molecule has 44 heavy (non-hydrogen) atoms. The van der Waals surface area contributed by atoms with Gasteiger partial charge in [0.05, 0.1) is 12.0 Å². The zero-order valence-electron chi connectivity index (χ0n) is 26.1. The number of guanidine groups is 1. The number of hydrogen-bond donors (Lipinski definition) is 3. The molecule has 3 amide bonds. The van der Waals surface area contributed by atoms with Gasteiger partial charge >= 0.3 is 12.1 Å². The molecular weight excluding hydrogens is 582 g/mol. The highest BCUT2D eigenvalue weighted by Gasteiger charge is 2.58. The molecule has 1 aromatic rings. The Morgan fingerprint density at radius 2 is 1.77 bits per heavy atom. The van der Waals surface area contributed by atoms with E-state index in [1.165, 1.54) is 37.7 Å². The Labute approximate surface area is 262 Å². The first-order valence-electron chi connectivity index (χ1n) is 16.0. The summed E-state index contributed by atoms with van der Waals surface area (Å²) in [5.41, 5.74) is -1.25. The summed E-state index contributed by atoms with van der Waals surface area (Å²) in [4.78, 5) is 60.8. The quantitative estimate of drug-likeness (QED) is 0.373. The van der Waals surface area contributed by atoms with Crippen LogP contribution in [0.5, 0.6) is 0 Å². The van der Waals surface area contributed by atoms with E-state index in [0.29, 0.717) is 35.1 Å². The molecule has 0 saturated heterocycles. The van der Waals surface area contributed by atoms with Crippen LogP contribution in [0, 0.1) is 23.7 Å². The first-order valence-corrected chi connectivity index (χ1v) is 16.8. The van der Waals surface area contributed by atoms with Crippen LogP contribution in [0.1, 0.15) is 92.6 Å². The molecule has 4 bridgehead atoms. The Morgan fingerprint density at radius 1 is 1.09 bits per heavy atom. The van der Waals surface area contributed by atoms with Crippen LogP contribution >= 0.6 is 11.3 Å². The number of nitrogens with zero attached hydrogens (tertiary/aromatic N) is 2. The Balaban J connectivity index is 1.15. The molecule has 7 rings (SSSR count). The van der Waals surface area contributed by atoms with Crippen molar-refractivity contribution >= 4 is 41.2 Å². The van der Waals surface area contributed by atoms with Crippen molar-refractivity contribution in [2.24, 2.45) is 28.7 Å². The summed E-state index contributed by atoms with van der Waals surface area (Å²) in [6, 6.07) is 2.64. The van der Waals surface area contributed by atoms with Crippen molar-refractivity contribution in [2.75, 3.05) is 26.7 Å². The van der Waals surface area contributed by atoms with E-state index in [-0.39, 0.29) is 30.2 Å². The summed E-state index contributed by atoms with van der Waals surface area (Å²) in [6.45, 7) is 6.81. The van der Waals surface area contributed by atoms with Crippen molar-refractivity contribution in [3.05, 3.63) is 21.9 Å². The van der Waals surface area contributed by atoms with Gasteiger partial charge in [0.25, 0.3) is 5.91 Å². The molecule has 6 aliphatic rings. The number of rotatable bonds is 8. The molecule has 3 N–H and O–H groups in total. The molecule has 3 atom stereocenters. The fourth-order valence-electron chi connectivity index (χ4n) is 8.34. The van der Waals surface area contributed by atoms with E-state index < -0.39 is 29.2 Å². The summed E-state index contributed by atoms with van der Waals surface area (Å²) in [6.07, 6.45) is 7.18. The van der Waals surface area contributed by atoms with Gasteiger partial charge in [-0.1, -0.05) is 0 Å². The van der Waals surface area contributed by atoms with E-state index in [1.54, 1.807) is 31.7 Å². The largest absolute Gasteiger partial charge is 0.458 e. The van der Waals surface area contributed by atoms with Crippen LogP contribution in [0.2, 0.25) is 0 Å². The highest BCUT2D eigenvalue weighted by molar-refractivity contribution is 7.14. The number of thiophene rings is 1. The van der Waals surface area contributed by atoms with Gasteiger partial charge in [0, 0.05) is 41.9 Å². The zero-order valence-corrected chi connectivity index (χ0v) is 27.0. The van der Waals surface area contributed by atoms with Gasteiger partial charge in [0.15, 0.2) is 12.0 Å². The minimum atomic E-state index is -1.02. The average molecular weight is 628 g/mol. The number of carbonyl (C=O) groups is 4. The molecule has 2 heterocycles. The van der Waals surface area contributed by atoms with Crippen molar-refractivity contribution in [3.63, 3.8) is 0 Å². The Morgan fingerprint density at radius 3 is 2.36 bits per heavy atom. The molecule has 0 aromatic carbocycles. The normalized spacial score (nSPS) is 30.8. The summed E-state index contributed by atoms with van der Waals surface area (Å²) in [5, 5.41) is 8.92. The number of aliphatic imine (C=N–C) groups is 1. The van der Waals surface area contributed by atoms with Crippen molar-refractivity contribution in [2.45, 2.75) is 95.2 Å². The predicted octanol–water partition coefficient (Wildman–Crippen LogP) is 3.79. The van der Waals surface area contributed by atoms with Gasteiger partial charge in [-0.05, 0) is 102 Å². The lowest BCUT2D eigenvalue weighted by molar-refractivity contribution is -0.168. The van der Waals surface area contributed by atoms with Gasteiger partial charge in [-0.25, -0.2) is 9.59 Å². The molecular formula is C32H45N5O6S. The third kappa shape index (κ3) is 6.46. The summed E-state index contributed by atoms with van der Waals surface area (Å²) in [7, 11) is 1.35. The number of carbonyl (C=O) groups excluding carboxylic acids is 4. The van der Waals surface area contributed by atoms with Gasteiger partial charge in [-0.3, -0.25) is 24.8 Å². The molecule has 1 aliphatic heterocycles. The smallest absolute Gasteiger partial charge is 0.410 e. The number of esters is 1. The van der Waals surface area contributed by atoms with Crippen LogP contribution in [0.15, 0.2) is 17.1 Å². The van der Waals surface area contributed by atoms with E-state index in [9.17, 15) is 19.2 Å². The van der Waals surface area contributed by atoms with E-state index in [1.807, 2.05) is 6.07 Å². The molecule has 12 heteroatoms. The minimum Gasteiger partial charge on any atom is -0.458 e. The van der Waals surface area contributed by atoms with Crippen molar-refractivity contribution < 1.29 is 28.7 Å². The first kappa shape index (κ1) is 30.9. The van der Waals surface area contributed by atoms with Crippen LogP contribution in [0.4, 0.5) is 4.79 Å². The lowest BCUT2D eigenvalue weighted by Crippen LogP contribution is -2.67. The molecule has 240 valence electrons. The fourth-order valence-corrected chi connectivity index (χ4v) is 9.44. The van der Waals surface area contributed by atoms with Crippen LogP contribution in [-0.4, -0.2) is 78.7 Å². The molecule has 5 fully saturated rings. The lowest BCUT2D eigenvalue weighted by Gasteiger charge is -2.60. The Kier molecular flexibility index (Phi) is 8.40. The molecule has 5 aliphatic carbocycles. The van der Waals surface area contributed by atoms with Crippen molar-refractivity contribution in [3.8, 4) is 0 Å². The molecule has 5 saturated carbocycles. The van der Waals surface area contributed by atoms with Gasteiger partial charge in [-0.15, -0.1) is 11.3 Å².